The zero-order valence-corrected chi connectivity index (χ0v) is 40.6. The van der Waals surface area contributed by atoms with Gasteiger partial charge in [0.25, 0.3) is 0 Å². The minimum atomic E-state index is -1.66. The van der Waals surface area contributed by atoms with Gasteiger partial charge in [0.15, 0.2) is 18.9 Å². The molecule has 8 fully saturated rings. The molecule has 0 bridgehead atoms. The van der Waals surface area contributed by atoms with Crippen molar-refractivity contribution in [1.82, 2.24) is 0 Å². The van der Waals surface area contributed by atoms with E-state index in [4.69, 9.17) is 52.1 Å². The van der Waals surface area contributed by atoms with Crippen molar-refractivity contribution in [3.05, 3.63) is 0 Å². The second kappa shape index (κ2) is 19.2. The Morgan fingerprint density at radius 3 is 2.07 bits per heavy atom. The van der Waals surface area contributed by atoms with Gasteiger partial charge >= 0.3 is 11.9 Å². The average molecular weight is 957 g/mol. The van der Waals surface area contributed by atoms with Crippen LogP contribution in [0.1, 0.15) is 113 Å². The SMILES string of the molecule is CC[C@@H](C)C(=O)O[C@@H]1[C@@H](OC(C)=O)[C@]2(C)[C@H](C(C)=O)CC[C@@]23O[C@]32CC[C@H]3C[C@@H](O[C@H]4C[C@@H](OC)[C@H](O[C@@H]5O[C@H](C)[C@@H](O[C@@H]6O[C@H](CO)[C@@H](O)[C@H](O)[C@H]6O)[C@@H](OC)[C@H]5O)[C@@H](C)O4)CC[C@]3(C)[C@@H]12. The fraction of sp³-hybridized carbons (Fsp3) is 0.938. The Kier molecular flexibility index (Phi) is 14.8. The lowest BCUT2D eigenvalue weighted by Crippen LogP contribution is -2.70. The monoisotopic (exact) mass is 956 g/mol. The minimum Gasteiger partial charge on any atom is -0.458 e. The van der Waals surface area contributed by atoms with E-state index < -0.39 is 133 Å². The van der Waals surface area contributed by atoms with Crippen molar-refractivity contribution in [2.24, 2.45) is 34.5 Å². The van der Waals surface area contributed by atoms with Crippen LogP contribution in [0.3, 0.4) is 0 Å². The molecule has 67 heavy (non-hydrogen) atoms. The molecule has 25 atom stereocenters. The highest BCUT2D eigenvalue weighted by Crippen LogP contribution is 2.81. The molecule has 0 radical (unpaired) electrons. The second-order valence-corrected chi connectivity index (χ2v) is 21.4. The van der Waals surface area contributed by atoms with Crippen LogP contribution in [0, 0.1) is 34.5 Å². The maximum absolute atomic E-state index is 13.8. The van der Waals surface area contributed by atoms with Crippen molar-refractivity contribution in [2.45, 2.75) is 229 Å². The summed E-state index contributed by atoms with van der Waals surface area (Å²) in [6.07, 6.45) is -11.5. The first-order valence-corrected chi connectivity index (χ1v) is 24.6. The third kappa shape index (κ3) is 8.33. The summed E-state index contributed by atoms with van der Waals surface area (Å²) in [6, 6.07) is 0. The minimum absolute atomic E-state index is 0.0172. The van der Waals surface area contributed by atoms with Crippen molar-refractivity contribution >= 4 is 17.7 Å². The summed E-state index contributed by atoms with van der Waals surface area (Å²) in [5.74, 6) is -1.75. The molecule has 19 nitrogen and oxygen atoms in total. The van der Waals surface area contributed by atoms with Crippen molar-refractivity contribution in [2.75, 3.05) is 20.8 Å². The Morgan fingerprint density at radius 2 is 1.43 bits per heavy atom. The van der Waals surface area contributed by atoms with Crippen molar-refractivity contribution in [1.29, 1.82) is 0 Å². The number of carbonyl (C=O) groups is 3. The van der Waals surface area contributed by atoms with E-state index in [-0.39, 0.29) is 41.0 Å². The molecule has 4 saturated heterocycles. The van der Waals surface area contributed by atoms with Crippen LogP contribution in [0.15, 0.2) is 0 Å². The van der Waals surface area contributed by atoms with Crippen LogP contribution < -0.4 is 0 Å². The average Bonchev–Trinajstić information content (AvgIpc) is 3.84. The Bertz CT molecular complexity index is 1800. The first-order chi connectivity index (χ1) is 31.7. The number of aliphatic hydroxyl groups excluding tert-OH is 5. The van der Waals surface area contributed by atoms with Crippen molar-refractivity contribution in [3.8, 4) is 0 Å². The third-order valence-electron chi connectivity index (χ3n) is 17.9. The second-order valence-electron chi connectivity index (χ2n) is 21.4. The fourth-order valence-corrected chi connectivity index (χ4v) is 14.2. The first-order valence-electron chi connectivity index (χ1n) is 24.6. The molecule has 4 aliphatic heterocycles. The van der Waals surface area contributed by atoms with Crippen LogP contribution in [0.5, 0.6) is 0 Å². The van der Waals surface area contributed by atoms with Crippen LogP contribution >= 0.6 is 0 Å². The van der Waals surface area contributed by atoms with E-state index in [0.29, 0.717) is 38.5 Å². The number of epoxide rings is 1. The van der Waals surface area contributed by atoms with Gasteiger partial charge in [0.05, 0.1) is 36.9 Å². The van der Waals surface area contributed by atoms with Crippen LogP contribution in [0.4, 0.5) is 0 Å². The van der Waals surface area contributed by atoms with Gasteiger partial charge in [-0.15, -0.1) is 0 Å². The molecular weight excluding hydrogens is 881 g/mol. The van der Waals surface area contributed by atoms with Gasteiger partial charge in [0.1, 0.15) is 78.0 Å². The van der Waals surface area contributed by atoms with Gasteiger partial charge in [-0.05, 0) is 83.5 Å². The number of methoxy groups -OCH3 is 2. The van der Waals surface area contributed by atoms with E-state index in [1.807, 2.05) is 27.7 Å². The smallest absolute Gasteiger partial charge is 0.309 e. The maximum atomic E-state index is 13.8. The van der Waals surface area contributed by atoms with Gasteiger partial charge in [-0.3, -0.25) is 14.4 Å². The summed E-state index contributed by atoms with van der Waals surface area (Å²) in [5.41, 5.74) is -2.59. The maximum Gasteiger partial charge on any atom is 0.309 e. The van der Waals surface area contributed by atoms with Gasteiger partial charge < -0.3 is 77.6 Å². The Morgan fingerprint density at radius 1 is 0.746 bits per heavy atom. The van der Waals surface area contributed by atoms with E-state index in [1.54, 1.807) is 21.0 Å². The number of hydrogen-bond donors (Lipinski definition) is 5. The van der Waals surface area contributed by atoms with Crippen LogP contribution in [0.2, 0.25) is 0 Å². The predicted molar refractivity (Wildman–Crippen MR) is 230 cm³/mol. The topological polar surface area (TPSA) is 257 Å². The first kappa shape index (κ1) is 51.4. The van der Waals surface area contributed by atoms with Gasteiger partial charge in [-0.25, -0.2) is 0 Å². The quantitative estimate of drug-likeness (QED) is 0.0946. The highest BCUT2D eigenvalue weighted by Gasteiger charge is 2.91. The zero-order chi connectivity index (χ0) is 48.7. The normalized spacial score (nSPS) is 51.9. The molecule has 0 aromatic rings. The van der Waals surface area contributed by atoms with E-state index >= 15 is 0 Å². The lowest BCUT2D eigenvalue weighted by Gasteiger charge is -2.61. The Balaban J connectivity index is 0.942. The van der Waals surface area contributed by atoms with Gasteiger partial charge in [-0.1, -0.05) is 27.7 Å². The molecule has 8 aliphatic rings. The summed E-state index contributed by atoms with van der Waals surface area (Å²) in [4.78, 5) is 40.2. The Labute approximate surface area is 393 Å². The molecule has 5 N–H and O–H groups in total. The van der Waals surface area contributed by atoms with E-state index in [0.717, 1.165) is 19.3 Å². The van der Waals surface area contributed by atoms with E-state index in [2.05, 4.69) is 6.92 Å². The standard InChI is InChI=1S/C48H76O19/c1-11-21(2)42(56)64-39-40-45(7)15-13-27(18-26(45)12-16-47(40)48(67-47)17-14-28(22(3)50)46(48,8)41(39)61-25(6)51)62-31-19-29(57-9)36(23(4)59-31)65-44-35(55)38(58-10)37(24(5)60-44)66-43-34(54)33(53)32(52)30(20-49)63-43/h21,23-24,26-41,43-44,49,52-55H,11-20H2,1-10H3/t21-,23-,24-,26+,27+,28+,29-,30-,31+,32-,33+,34-,35-,36-,37-,38+,39+,40-,41-,43+,44+,45+,46+,47+,48-/m1/s1. The predicted octanol–water partition coefficient (Wildman–Crippen LogP) is 1.85. The molecule has 4 saturated carbocycles. The highest BCUT2D eigenvalue weighted by molar-refractivity contribution is 5.81. The van der Waals surface area contributed by atoms with Crippen LogP contribution in [-0.4, -0.2) is 180 Å². The van der Waals surface area contributed by atoms with Gasteiger partial charge in [-0.2, -0.15) is 0 Å². The van der Waals surface area contributed by atoms with Gasteiger partial charge in [0, 0.05) is 44.8 Å². The number of carbonyl (C=O) groups excluding carboxylic acids is 3. The molecule has 8 rings (SSSR count). The molecule has 19 heteroatoms. The number of rotatable bonds is 14. The molecule has 382 valence electrons. The molecule has 0 aromatic heterocycles. The van der Waals surface area contributed by atoms with E-state index in [9.17, 15) is 39.9 Å². The number of Topliss-reactive ketones (excluding diaryl/α,β-unsaturated/α-hetero) is 1. The number of fused-ring (bicyclic) bond motifs is 2. The van der Waals surface area contributed by atoms with Crippen molar-refractivity contribution < 1.29 is 92.0 Å². The molecule has 2 spiro atoms. The number of ketones is 1. The summed E-state index contributed by atoms with van der Waals surface area (Å²) in [5, 5.41) is 52.3. The summed E-state index contributed by atoms with van der Waals surface area (Å²) in [6.45, 7) is 13.9. The van der Waals surface area contributed by atoms with Gasteiger partial charge in [0.2, 0.25) is 0 Å². The fourth-order valence-electron chi connectivity index (χ4n) is 14.2. The molecule has 0 aromatic carbocycles. The van der Waals surface area contributed by atoms with E-state index in [1.165, 1.54) is 14.0 Å². The molecule has 0 unspecified atom stereocenters. The molecule has 4 aliphatic carbocycles. The number of aliphatic hydroxyl groups is 5. The third-order valence-corrected chi connectivity index (χ3v) is 17.9. The van der Waals surface area contributed by atoms with Crippen LogP contribution in [0.25, 0.3) is 0 Å². The Hall–Kier alpha value is -1.95. The number of ether oxygens (including phenoxy) is 11. The molecule has 0 amide bonds. The summed E-state index contributed by atoms with van der Waals surface area (Å²) in [7, 11) is 2.95. The highest BCUT2D eigenvalue weighted by atomic mass is 16.8. The largest absolute Gasteiger partial charge is 0.458 e. The number of esters is 2. The lowest BCUT2D eigenvalue weighted by molar-refractivity contribution is -0.371. The van der Waals surface area contributed by atoms with Crippen LogP contribution in [-0.2, 0) is 66.5 Å². The molecule has 4 heterocycles. The van der Waals surface area contributed by atoms with Crippen molar-refractivity contribution in [3.63, 3.8) is 0 Å². The number of hydrogen-bond acceptors (Lipinski definition) is 19. The summed E-state index contributed by atoms with van der Waals surface area (Å²) < 4.78 is 69.0. The molecular formula is C48H76O19. The zero-order valence-electron chi connectivity index (χ0n) is 40.6. The summed E-state index contributed by atoms with van der Waals surface area (Å²) >= 11 is 0. The lowest BCUT2D eigenvalue weighted by atomic mass is 9.43.